The zero-order valence-corrected chi connectivity index (χ0v) is 12.1. The van der Waals surface area contributed by atoms with Crippen LogP contribution in [-0.2, 0) is 13.0 Å². The summed E-state index contributed by atoms with van der Waals surface area (Å²) >= 11 is 0. The summed E-state index contributed by atoms with van der Waals surface area (Å²) in [5.74, 6) is 0.863. The van der Waals surface area contributed by atoms with Crippen LogP contribution in [0.5, 0.6) is 5.75 Å². The molecule has 0 fully saturated rings. The lowest BCUT2D eigenvalue weighted by Gasteiger charge is -2.33. The van der Waals surface area contributed by atoms with Crippen LogP contribution >= 0.6 is 0 Å². The standard InChI is InChI=1S/C18H18N2O/c1-21-16-7-8-17-15(11-16)9-10-20(18(17)12-19)13-14-5-3-2-4-6-14/h2-8,11,18H,9-10,13H2,1H3. The third-order valence-corrected chi connectivity index (χ3v) is 4.03. The van der Waals surface area contributed by atoms with Gasteiger partial charge < -0.3 is 4.74 Å². The summed E-state index contributed by atoms with van der Waals surface area (Å²) in [5, 5.41) is 9.59. The molecule has 0 spiro atoms. The molecular formula is C18H18N2O. The number of ether oxygens (including phenoxy) is 1. The van der Waals surface area contributed by atoms with Gasteiger partial charge in [0.2, 0.25) is 0 Å². The molecule has 3 rings (SSSR count). The van der Waals surface area contributed by atoms with Gasteiger partial charge in [0.05, 0.1) is 13.2 Å². The normalized spacial score (nSPS) is 17.8. The Bertz CT molecular complexity index is 661. The Labute approximate surface area is 125 Å². The number of methoxy groups -OCH3 is 1. The van der Waals surface area contributed by atoms with Crippen molar-refractivity contribution in [3.63, 3.8) is 0 Å². The molecule has 3 heteroatoms. The molecule has 21 heavy (non-hydrogen) atoms. The molecule has 0 saturated carbocycles. The topological polar surface area (TPSA) is 36.3 Å². The van der Waals surface area contributed by atoms with Crippen LogP contribution in [0.2, 0.25) is 0 Å². The van der Waals surface area contributed by atoms with Gasteiger partial charge in [-0.25, -0.2) is 0 Å². The molecule has 106 valence electrons. The minimum Gasteiger partial charge on any atom is -0.497 e. The van der Waals surface area contributed by atoms with E-state index in [0.717, 1.165) is 30.8 Å². The third-order valence-electron chi connectivity index (χ3n) is 4.03. The van der Waals surface area contributed by atoms with E-state index in [2.05, 4.69) is 29.2 Å². The summed E-state index contributed by atoms with van der Waals surface area (Å²) in [6, 6.07) is 18.6. The molecule has 0 N–H and O–H groups in total. The minimum atomic E-state index is -0.181. The number of hydrogen-bond donors (Lipinski definition) is 0. The van der Waals surface area contributed by atoms with Crippen molar-refractivity contribution in [1.82, 2.24) is 4.90 Å². The predicted molar refractivity (Wildman–Crippen MR) is 81.9 cm³/mol. The van der Waals surface area contributed by atoms with Gasteiger partial charge in [0, 0.05) is 13.1 Å². The number of fused-ring (bicyclic) bond motifs is 1. The van der Waals surface area contributed by atoms with Crippen molar-refractivity contribution in [1.29, 1.82) is 5.26 Å². The molecule has 2 aromatic rings. The molecule has 0 saturated heterocycles. The van der Waals surface area contributed by atoms with E-state index in [-0.39, 0.29) is 6.04 Å². The van der Waals surface area contributed by atoms with Crippen molar-refractivity contribution in [2.75, 3.05) is 13.7 Å². The molecule has 1 atom stereocenters. The second-order valence-corrected chi connectivity index (χ2v) is 5.30. The number of hydrogen-bond acceptors (Lipinski definition) is 3. The van der Waals surface area contributed by atoms with E-state index in [4.69, 9.17) is 4.74 Å². The van der Waals surface area contributed by atoms with Crippen LogP contribution in [-0.4, -0.2) is 18.6 Å². The zero-order chi connectivity index (χ0) is 14.7. The van der Waals surface area contributed by atoms with Gasteiger partial charge in [0.25, 0.3) is 0 Å². The van der Waals surface area contributed by atoms with Gasteiger partial charge in [-0.15, -0.1) is 0 Å². The SMILES string of the molecule is COc1ccc2c(c1)CCN(Cc1ccccc1)C2C#N. The van der Waals surface area contributed by atoms with Crippen molar-refractivity contribution in [2.24, 2.45) is 0 Å². The maximum Gasteiger partial charge on any atom is 0.124 e. The number of rotatable bonds is 3. The van der Waals surface area contributed by atoms with Crippen LogP contribution in [0.25, 0.3) is 0 Å². The highest BCUT2D eigenvalue weighted by atomic mass is 16.5. The quantitative estimate of drug-likeness (QED) is 0.864. The average molecular weight is 278 g/mol. The van der Waals surface area contributed by atoms with Gasteiger partial charge >= 0.3 is 0 Å². The Morgan fingerprint density at radius 1 is 1.24 bits per heavy atom. The fourth-order valence-electron chi connectivity index (χ4n) is 2.92. The molecule has 1 heterocycles. The second-order valence-electron chi connectivity index (χ2n) is 5.30. The zero-order valence-electron chi connectivity index (χ0n) is 12.1. The maximum absolute atomic E-state index is 9.59. The first-order chi connectivity index (χ1) is 10.3. The Balaban J connectivity index is 1.87. The second kappa shape index (κ2) is 5.99. The number of nitrogens with zero attached hydrogens (tertiary/aromatic N) is 2. The Morgan fingerprint density at radius 3 is 2.76 bits per heavy atom. The third kappa shape index (κ3) is 2.76. The van der Waals surface area contributed by atoms with Crippen molar-refractivity contribution in [2.45, 2.75) is 19.0 Å². The highest BCUT2D eigenvalue weighted by Gasteiger charge is 2.27. The fraction of sp³-hybridized carbons (Fsp3) is 0.278. The highest BCUT2D eigenvalue weighted by Crippen LogP contribution is 2.32. The molecule has 0 amide bonds. The Kier molecular flexibility index (Phi) is 3.89. The van der Waals surface area contributed by atoms with E-state index in [9.17, 15) is 5.26 Å². The van der Waals surface area contributed by atoms with Crippen LogP contribution in [0.3, 0.4) is 0 Å². The monoisotopic (exact) mass is 278 g/mol. The van der Waals surface area contributed by atoms with E-state index in [0.29, 0.717) is 0 Å². The van der Waals surface area contributed by atoms with E-state index < -0.39 is 0 Å². The van der Waals surface area contributed by atoms with Gasteiger partial charge in [-0.2, -0.15) is 5.26 Å². The van der Waals surface area contributed by atoms with Crippen molar-refractivity contribution in [3.05, 3.63) is 65.2 Å². The fourth-order valence-corrected chi connectivity index (χ4v) is 2.92. The number of benzene rings is 2. The molecule has 0 aliphatic carbocycles. The lowest BCUT2D eigenvalue weighted by molar-refractivity contribution is 0.215. The summed E-state index contributed by atoms with van der Waals surface area (Å²) in [6.45, 7) is 1.71. The van der Waals surface area contributed by atoms with Gasteiger partial charge in [-0.3, -0.25) is 4.90 Å². The highest BCUT2D eigenvalue weighted by molar-refractivity contribution is 5.41. The van der Waals surface area contributed by atoms with Crippen molar-refractivity contribution < 1.29 is 4.74 Å². The van der Waals surface area contributed by atoms with Crippen LogP contribution in [0, 0.1) is 11.3 Å². The molecule has 1 aliphatic heterocycles. The minimum absolute atomic E-state index is 0.181. The first-order valence-electron chi connectivity index (χ1n) is 7.16. The van der Waals surface area contributed by atoms with Crippen LogP contribution < -0.4 is 4.74 Å². The van der Waals surface area contributed by atoms with Crippen LogP contribution in [0.1, 0.15) is 22.7 Å². The molecule has 0 bridgehead atoms. The molecular weight excluding hydrogens is 260 g/mol. The molecule has 0 radical (unpaired) electrons. The van der Waals surface area contributed by atoms with Crippen molar-refractivity contribution in [3.8, 4) is 11.8 Å². The smallest absolute Gasteiger partial charge is 0.124 e. The molecule has 3 nitrogen and oxygen atoms in total. The lowest BCUT2D eigenvalue weighted by Crippen LogP contribution is -2.34. The maximum atomic E-state index is 9.59. The predicted octanol–water partition coefficient (Wildman–Crippen LogP) is 3.32. The summed E-state index contributed by atoms with van der Waals surface area (Å²) in [6.07, 6.45) is 0.956. The van der Waals surface area contributed by atoms with E-state index in [1.807, 2.05) is 30.3 Å². The summed E-state index contributed by atoms with van der Waals surface area (Å²) in [7, 11) is 1.67. The van der Waals surface area contributed by atoms with Gasteiger partial charge in [-0.1, -0.05) is 36.4 Å². The van der Waals surface area contributed by atoms with E-state index in [1.165, 1.54) is 11.1 Å². The first kappa shape index (κ1) is 13.7. The molecule has 0 aromatic heterocycles. The average Bonchev–Trinajstić information content (AvgIpc) is 2.55. The van der Waals surface area contributed by atoms with E-state index >= 15 is 0 Å². The molecule has 2 aromatic carbocycles. The Hall–Kier alpha value is -2.31. The number of nitriles is 1. The largest absolute Gasteiger partial charge is 0.497 e. The van der Waals surface area contributed by atoms with E-state index in [1.54, 1.807) is 7.11 Å². The lowest BCUT2D eigenvalue weighted by atomic mass is 9.92. The summed E-state index contributed by atoms with van der Waals surface area (Å²) in [4.78, 5) is 2.24. The van der Waals surface area contributed by atoms with Crippen molar-refractivity contribution >= 4 is 0 Å². The van der Waals surface area contributed by atoms with Gasteiger partial charge in [0.1, 0.15) is 11.8 Å². The van der Waals surface area contributed by atoms with Gasteiger partial charge in [-0.05, 0) is 35.2 Å². The molecule has 1 unspecified atom stereocenters. The van der Waals surface area contributed by atoms with Crippen LogP contribution in [0.15, 0.2) is 48.5 Å². The Morgan fingerprint density at radius 2 is 2.05 bits per heavy atom. The molecule has 1 aliphatic rings. The first-order valence-corrected chi connectivity index (χ1v) is 7.16. The van der Waals surface area contributed by atoms with Crippen LogP contribution in [0.4, 0.5) is 0 Å². The summed E-state index contributed by atoms with van der Waals surface area (Å²) in [5.41, 5.74) is 3.58. The summed E-state index contributed by atoms with van der Waals surface area (Å²) < 4.78 is 5.28. The van der Waals surface area contributed by atoms with Gasteiger partial charge in [0.15, 0.2) is 0 Å².